The predicted octanol–water partition coefficient (Wildman–Crippen LogP) is 0.471. The van der Waals surface area contributed by atoms with Crippen molar-refractivity contribution in [2.24, 2.45) is 0 Å². The van der Waals surface area contributed by atoms with Crippen molar-refractivity contribution in [3.05, 3.63) is 0 Å². The number of nitrogens with zero attached hydrogens (tertiary/aromatic N) is 2. The lowest BCUT2D eigenvalue weighted by Gasteiger charge is -2.40. The smallest absolute Gasteiger partial charge is 0.236 e. The molecule has 19 heavy (non-hydrogen) atoms. The van der Waals surface area contributed by atoms with E-state index in [1.165, 1.54) is 0 Å². The normalized spacial score (nSPS) is 27.3. The zero-order valence-corrected chi connectivity index (χ0v) is 12.3. The van der Waals surface area contributed by atoms with Gasteiger partial charge in [0.05, 0.1) is 24.4 Å². The van der Waals surface area contributed by atoms with Crippen LogP contribution in [0.5, 0.6) is 0 Å². The van der Waals surface area contributed by atoms with Crippen LogP contribution >= 0.6 is 0 Å². The molecule has 2 rings (SSSR count). The van der Waals surface area contributed by atoms with E-state index in [0.717, 1.165) is 13.1 Å². The number of carbonyl (C=O) groups excluding carboxylic acids is 1. The molecule has 2 aliphatic heterocycles. The minimum atomic E-state index is -0.599. The maximum absolute atomic E-state index is 12.3. The second-order valence-electron chi connectivity index (χ2n) is 6.70. The van der Waals surface area contributed by atoms with E-state index < -0.39 is 5.60 Å². The van der Waals surface area contributed by atoms with Crippen molar-refractivity contribution >= 4 is 5.91 Å². The highest BCUT2D eigenvalue weighted by atomic mass is 16.5. The maximum Gasteiger partial charge on any atom is 0.236 e. The first-order valence-corrected chi connectivity index (χ1v) is 7.14. The summed E-state index contributed by atoms with van der Waals surface area (Å²) in [5, 5.41) is 9.90. The van der Waals surface area contributed by atoms with Gasteiger partial charge < -0.3 is 14.7 Å². The molecule has 5 heteroatoms. The molecule has 0 aliphatic carbocycles. The molecule has 0 bridgehead atoms. The molecule has 110 valence electrons. The van der Waals surface area contributed by atoms with Crippen LogP contribution in [0.25, 0.3) is 0 Å². The number of hydrogen-bond donors (Lipinski definition) is 1. The summed E-state index contributed by atoms with van der Waals surface area (Å²) >= 11 is 0. The van der Waals surface area contributed by atoms with Crippen molar-refractivity contribution in [3.8, 4) is 0 Å². The Kier molecular flexibility index (Phi) is 4.18. The van der Waals surface area contributed by atoms with Gasteiger partial charge in [-0.2, -0.15) is 0 Å². The Morgan fingerprint density at radius 2 is 1.84 bits per heavy atom. The first-order chi connectivity index (χ1) is 8.77. The van der Waals surface area contributed by atoms with Crippen LogP contribution in [0.1, 0.15) is 33.6 Å². The quantitative estimate of drug-likeness (QED) is 0.792. The lowest BCUT2D eigenvalue weighted by molar-refractivity contribution is -0.140. The van der Waals surface area contributed by atoms with E-state index in [1.807, 2.05) is 11.8 Å². The number of ether oxygens (including phenoxy) is 1. The van der Waals surface area contributed by atoms with Gasteiger partial charge in [0.1, 0.15) is 0 Å². The Labute approximate surface area is 115 Å². The molecule has 0 aromatic carbocycles. The molecule has 2 fully saturated rings. The molecule has 0 aromatic rings. The van der Waals surface area contributed by atoms with E-state index in [9.17, 15) is 9.90 Å². The van der Waals surface area contributed by atoms with Crippen LogP contribution in [0.3, 0.4) is 0 Å². The molecule has 5 nitrogen and oxygen atoms in total. The highest BCUT2D eigenvalue weighted by molar-refractivity contribution is 5.78. The van der Waals surface area contributed by atoms with Crippen LogP contribution in [0, 0.1) is 0 Å². The molecular weight excluding hydrogens is 244 g/mol. The van der Waals surface area contributed by atoms with Gasteiger partial charge in [0.25, 0.3) is 0 Å². The zero-order valence-electron chi connectivity index (χ0n) is 12.3. The Morgan fingerprint density at radius 1 is 1.21 bits per heavy atom. The average Bonchev–Trinajstić information content (AvgIpc) is 2.27. The Balaban J connectivity index is 1.81. The SMILES string of the molecule is CC1(O)CCN(C(=O)CN2CCOC(C)(C)C2)CC1. The highest BCUT2D eigenvalue weighted by Crippen LogP contribution is 2.22. The summed E-state index contributed by atoms with van der Waals surface area (Å²) in [7, 11) is 0. The molecule has 0 unspecified atom stereocenters. The van der Waals surface area contributed by atoms with E-state index in [4.69, 9.17) is 4.74 Å². The maximum atomic E-state index is 12.3. The van der Waals surface area contributed by atoms with Crippen LogP contribution in [0.2, 0.25) is 0 Å². The first-order valence-electron chi connectivity index (χ1n) is 7.14. The minimum Gasteiger partial charge on any atom is -0.390 e. The number of carbonyl (C=O) groups is 1. The Hall–Kier alpha value is -0.650. The summed E-state index contributed by atoms with van der Waals surface area (Å²) < 4.78 is 5.65. The molecule has 0 saturated carbocycles. The van der Waals surface area contributed by atoms with Gasteiger partial charge in [-0.3, -0.25) is 9.69 Å². The van der Waals surface area contributed by atoms with Gasteiger partial charge in [0.15, 0.2) is 0 Å². The number of amides is 1. The predicted molar refractivity (Wildman–Crippen MR) is 72.9 cm³/mol. The average molecular weight is 270 g/mol. The van der Waals surface area contributed by atoms with Gasteiger partial charge in [-0.05, 0) is 33.6 Å². The zero-order chi connectivity index (χ0) is 14.1. The number of hydrogen-bond acceptors (Lipinski definition) is 4. The van der Waals surface area contributed by atoms with E-state index >= 15 is 0 Å². The number of piperidine rings is 1. The van der Waals surface area contributed by atoms with Crippen molar-refractivity contribution in [1.82, 2.24) is 9.80 Å². The van der Waals surface area contributed by atoms with Crippen molar-refractivity contribution in [3.63, 3.8) is 0 Å². The van der Waals surface area contributed by atoms with Gasteiger partial charge >= 0.3 is 0 Å². The largest absolute Gasteiger partial charge is 0.390 e. The fraction of sp³-hybridized carbons (Fsp3) is 0.929. The summed E-state index contributed by atoms with van der Waals surface area (Å²) in [5.41, 5.74) is -0.762. The molecule has 0 spiro atoms. The van der Waals surface area contributed by atoms with Gasteiger partial charge in [-0.15, -0.1) is 0 Å². The first kappa shape index (κ1) is 14.8. The summed E-state index contributed by atoms with van der Waals surface area (Å²) in [5.74, 6) is 0.174. The number of morpholine rings is 1. The highest BCUT2D eigenvalue weighted by Gasteiger charge is 2.32. The Bertz CT molecular complexity index is 332. The monoisotopic (exact) mass is 270 g/mol. The molecule has 1 N–H and O–H groups in total. The standard InChI is InChI=1S/C14H26N2O3/c1-13(2)11-15(8-9-19-13)10-12(17)16-6-4-14(3,18)5-7-16/h18H,4-11H2,1-3H3. The molecule has 0 aromatic heterocycles. The van der Waals surface area contributed by atoms with Crippen LogP contribution in [-0.4, -0.2) is 71.3 Å². The summed E-state index contributed by atoms with van der Waals surface area (Å²) in [6.07, 6.45) is 1.35. The molecule has 2 heterocycles. The van der Waals surface area contributed by atoms with Crippen molar-refractivity contribution in [1.29, 1.82) is 0 Å². The third-order valence-corrected chi connectivity index (χ3v) is 4.06. The van der Waals surface area contributed by atoms with E-state index in [-0.39, 0.29) is 11.5 Å². The molecule has 2 saturated heterocycles. The van der Waals surface area contributed by atoms with E-state index in [0.29, 0.717) is 39.1 Å². The van der Waals surface area contributed by atoms with Gasteiger partial charge in [-0.25, -0.2) is 0 Å². The fourth-order valence-electron chi connectivity index (χ4n) is 2.78. The van der Waals surface area contributed by atoms with Crippen LogP contribution < -0.4 is 0 Å². The second-order valence-corrected chi connectivity index (χ2v) is 6.70. The van der Waals surface area contributed by atoms with E-state index in [1.54, 1.807) is 0 Å². The number of likely N-dealkylation sites (tertiary alicyclic amines) is 1. The number of aliphatic hydroxyl groups is 1. The van der Waals surface area contributed by atoms with Crippen molar-refractivity contribution in [2.45, 2.75) is 44.8 Å². The summed E-state index contributed by atoms with van der Waals surface area (Å²) in [6, 6.07) is 0. The van der Waals surface area contributed by atoms with Gasteiger partial charge in [0, 0.05) is 26.2 Å². The van der Waals surface area contributed by atoms with Crippen LogP contribution in [0.15, 0.2) is 0 Å². The van der Waals surface area contributed by atoms with Gasteiger partial charge in [-0.1, -0.05) is 0 Å². The minimum absolute atomic E-state index is 0.163. The number of rotatable bonds is 2. The molecular formula is C14H26N2O3. The third-order valence-electron chi connectivity index (χ3n) is 4.06. The molecule has 1 amide bonds. The van der Waals surface area contributed by atoms with Crippen molar-refractivity contribution in [2.75, 3.05) is 39.3 Å². The fourth-order valence-corrected chi connectivity index (χ4v) is 2.78. The third kappa shape index (κ3) is 4.16. The molecule has 0 radical (unpaired) electrons. The van der Waals surface area contributed by atoms with Crippen molar-refractivity contribution < 1.29 is 14.6 Å². The van der Waals surface area contributed by atoms with Crippen LogP contribution in [0.4, 0.5) is 0 Å². The van der Waals surface area contributed by atoms with Crippen LogP contribution in [-0.2, 0) is 9.53 Å². The molecule has 0 atom stereocenters. The lowest BCUT2D eigenvalue weighted by atomic mass is 9.94. The lowest BCUT2D eigenvalue weighted by Crippen LogP contribution is -2.53. The van der Waals surface area contributed by atoms with E-state index in [2.05, 4.69) is 18.7 Å². The second kappa shape index (κ2) is 5.38. The molecule has 2 aliphatic rings. The summed E-state index contributed by atoms with van der Waals surface area (Å²) in [4.78, 5) is 16.3. The Morgan fingerprint density at radius 3 is 2.42 bits per heavy atom. The summed E-state index contributed by atoms with van der Waals surface area (Å²) in [6.45, 7) is 10.1. The van der Waals surface area contributed by atoms with Gasteiger partial charge in [0.2, 0.25) is 5.91 Å². The topological polar surface area (TPSA) is 53.0 Å².